The lowest BCUT2D eigenvalue weighted by molar-refractivity contribution is -0.0361. The molecule has 1 atom stereocenters. The normalized spacial score (nSPS) is 20.6. The summed E-state index contributed by atoms with van der Waals surface area (Å²) in [5.41, 5.74) is -0.133. The van der Waals surface area contributed by atoms with Crippen molar-refractivity contribution in [1.82, 2.24) is 24.6 Å². The van der Waals surface area contributed by atoms with Crippen molar-refractivity contribution < 1.29 is 28.2 Å². The molecule has 12 heteroatoms. The Morgan fingerprint density at radius 1 is 1.26 bits per heavy atom. The molecule has 2 N–H and O–H groups in total. The number of hydrogen-bond donors (Lipinski definition) is 2. The molecular formula is C23H32F2N6O4. The molecule has 1 aliphatic carbocycles. The van der Waals surface area contributed by atoms with Gasteiger partial charge in [-0.05, 0) is 39.7 Å². The predicted octanol–water partition coefficient (Wildman–Crippen LogP) is 3.53. The van der Waals surface area contributed by atoms with Crippen molar-refractivity contribution in [3.63, 3.8) is 0 Å². The molecule has 35 heavy (non-hydrogen) atoms. The van der Waals surface area contributed by atoms with Crippen LogP contribution in [-0.2, 0) is 11.3 Å². The lowest BCUT2D eigenvalue weighted by atomic mass is 9.92. The summed E-state index contributed by atoms with van der Waals surface area (Å²) in [4.78, 5) is 22.9. The van der Waals surface area contributed by atoms with Gasteiger partial charge in [0.1, 0.15) is 17.5 Å². The Morgan fingerprint density at radius 2 is 2.00 bits per heavy atom. The first-order valence-corrected chi connectivity index (χ1v) is 11.8. The number of hydrogen-bond acceptors (Lipinski definition) is 8. The van der Waals surface area contributed by atoms with E-state index < -0.39 is 17.6 Å². The first kappa shape index (κ1) is 25.1. The van der Waals surface area contributed by atoms with Crippen molar-refractivity contribution in [3.8, 4) is 11.8 Å². The maximum atomic E-state index is 13.6. The lowest BCUT2D eigenvalue weighted by Gasteiger charge is -2.29. The molecule has 2 aromatic heterocycles. The van der Waals surface area contributed by atoms with Crippen LogP contribution in [-0.4, -0.2) is 72.6 Å². The number of anilines is 1. The van der Waals surface area contributed by atoms with E-state index in [-0.39, 0.29) is 43.4 Å². The molecule has 0 radical (unpaired) electrons. The van der Waals surface area contributed by atoms with Gasteiger partial charge in [0, 0.05) is 44.1 Å². The Balaban J connectivity index is 1.49. The predicted molar refractivity (Wildman–Crippen MR) is 123 cm³/mol. The van der Waals surface area contributed by atoms with Gasteiger partial charge in [-0.15, -0.1) is 0 Å². The van der Waals surface area contributed by atoms with E-state index in [1.165, 1.54) is 4.68 Å². The summed E-state index contributed by atoms with van der Waals surface area (Å²) in [5.74, 6) is -1.70. The number of alkyl halides is 2. The van der Waals surface area contributed by atoms with E-state index in [2.05, 4.69) is 20.4 Å². The first-order valence-electron chi connectivity index (χ1n) is 11.8. The number of carbonyl (C=O) groups excluding carboxylic acids is 1. The molecule has 2 fully saturated rings. The molecular weight excluding hydrogens is 462 g/mol. The Morgan fingerprint density at radius 3 is 2.66 bits per heavy atom. The third-order valence-electron chi connectivity index (χ3n) is 5.86. The number of nitrogens with zero attached hydrogens (tertiary/aromatic N) is 5. The van der Waals surface area contributed by atoms with Crippen molar-refractivity contribution in [3.05, 3.63) is 24.0 Å². The zero-order chi connectivity index (χ0) is 25.2. The molecule has 4 rings (SSSR count). The highest BCUT2D eigenvalue weighted by molar-refractivity contribution is 5.68. The van der Waals surface area contributed by atoms with Crippen LogP contribution < -0.4 is 10.1 Å². The zero-order valence-corrected chi connectivity index (χ0v) is 20.2. The van der Waals surface area contributed by atoms with Crippen molar-refractivity contribution in [2.24, 2.45) is 0 Å². The molecule has 0 spiro atoms. The second kappa shape index (κ2) is 9.92. The molecule has 2 aliphatic rings. The minimum atomic E-state index is -2.62. The van der Waals surface area contributed by atoms with Gasteiger partial charge in [-0.2, -0.15) is 15.1 Å². The Bertz CT molecular complexity index is 1030. The van der Waals surface area contributed by atoms with Crippen molar-refractivity contribution in [1.29, 1.82) is 0 Å². The largest absolute Gasteiger partial charge is 0.472 e. The highest BCUT2D eigenvalue weighted by Crippen LogP contribution is 2.34. The molecule has 10 nitrogen and oxygen atoms in total. The second-order valence-electron chi connectivity index (χ2n) is 10.0. The third kappa shape index (κ3) is 6.77. The highest BCUT2D eigenvalue weighted by Gasteiger charge is 2.35. The van der Waals surface area contributed by atoms with Gasteiger partial charge >= 0.3 is 6.09 Å². The number of likely N-dealkylation sites (tertiary alicyclic amines) is 1. The number of aliphatic hydroxyl groups is 1. The fraction of sp³-hybridized carbons (Fsp3) is 0.652. The number of rotatable bonds is 6. The quantitative estimate of drug-likeness (QED) is 0.627. The zero-order valence-electron chi connectivity index (χ0n) is 20.2. The molecule has 0 bridgehead atoms. The van der Waals surface area contributed by atoms with Crippen LogP contribution in [0.3, 0.4) is 0 Å². The maximum absolute atomic E-state index is 13.6. The van der Waals surface area contributed by atoms with Crippen LogP contribution in [0.2, 0.25) is 0 Å². The average molecular weight is 495 g/mol. The van der Waals surface area contributed by atoms with E-state index in [0.717, 1.165) is 0 Å². The van der Waals surface area contributed by atoms with Crippen molar-refractivity contribution >= 4 is 11.9 Å². The molecule has 3 heterocycles. The van der Waals surface area contributed by atoms with E-state index in [0.29, 0.717) is 43.9 Å². The standard InChI is InChI=1S/C23H32F2N6O4/c1-22(2,3)35-21(33)30-10-7-17(13-30)34-19-12-18(26-15-4-8-23(24,25)9-5-15)27-20(28-19)31-11-6-16(14-32)29-31/h6,11-12,15,17,32H,4-5,7-10,13-14H2,1-3H3,(H,26,27,28). The van der Waals surface area contributed by atoms with E-state index in [9.17, 15) is 18.7 Å². The summed E-state index contributed by atoms with van der Waals surface area (Å²) in [6.07, 6.45) is 1.85. The van der Waals surface area contributed by atoms with Gasteiger partial charge in [0.2, 0.25) is 11.8 Å². The van der Waals surface area contributed by atoms with Crippen LogP contribution in [0.15, 0.2) is 18.3 Å². The van der Waals surface area contributed by atoms with Crippen LogP contribution in [0, 0.1) is 0 Å². The average Bonchev–Trinajstić information content (AvgIpc) is 3.44. The van der Waals surface area contributed by atoms with Gasteiger partial charge in [-0.25, -0.2) is 18.3 Å². The number of nitrogens with one attached hydrogen (secondary N) is 1. The summed E-state index contributed by atoms with van der Waals surface area (Å²) in [6.45, 7) is 6.07. The summed E-state index contributed by atoms with van der Waals surface area (Å²) < 4.78 is 40.1. The van der Waals surface area contributed by atoms with Crippen LogP contribution in [0.5, 0.6) is 5.88 Å². The Hall–Kier alpha value is -3.02. The molecule has 1 amide bonds. The number of halogens is 2. The smallest absolute Gasteiger partial charge is 0.410 e. The highest BCUT2D eigenvalue weighted by atomic mass is 19.3. The van der Waals surface area contributed by atoms with Gasteiger partial charge in [0.05, 0.1) is 18.8 Å². The van der Waals surface area contributed by atoms with Crippen LogP contribution >= 0.6 is 0 Å². The first-order chi connectivity index (χ1) is 16.5. The maximum Gasteiger partial charge on any atom is 0.410 e. The van der Waals surface area contributed by atoms with Crippen molar-refractivity contribution in [2.45, 2.75) is 83.2 Å². The topological polar surface area (TPSA) is 115 Å². The van der Waals surface area contributed by atoms with Gasteiger partial charge in [-0.1, -0.05) is 0 Å². The summed E-state index contributed by atoms with van der Waals surface area (Å²) in [5, 5.41) is 16.8. The van der Waals surface area contributed by atoms with Crippen LogP contribution in [0.25, 0.3) is 5.95 Å². The van der Waals surface area contributed by atoms with E-state index in [1.807, 2.05) is 20.8 Å². The monoisotopic (exact) mass is 494 g/mol. The molecule has 2 aromatic rings. The van der Waals surface area contributed by atoms with E-state index in [4.69, 9.17) is 9.47 Å². The van der Waals surface area contributed by atoms with Crippen molar-refractivity contribution in [2.75, 3.05) is 18.4 Å². The van der Waals surface area contributed by atoms with Crippen LogP contribution in [0.1, 0.15) is 58.6 Å². The van der Waals surface area contributed by atoms with E-state index >= 15 is 0 Å². The summed E-state index contributed by atoms with van der Waals surface area (Å²) in [6, 6.07) is 3.12. The molecule has 1 saturated heterocycles. The molecule has 1 saturated carbocycles. The molecule has 1 unspecified atom stereocenters. The molecule has 0 aromatic carbocycles. The lowest BCUT2D eigenvalue weighted by Crippen LogP contribution is -2.36. The number of aliphatic hydroxyl groups excluding tert-OH is 1. The van der Waals surface area contributed by atoms with Gasteiger partial charge in [0.15, 0.2) is 0 Å². The fourth-order valence-electron chi connectivity index (χ4n) is 4.09. The van der Waals surface area contributed by atoms with Gasteiger partial charge in [0.25, 0.3) is 5.95 Å². The van der Waals surface area contributed by atoms with Crippen LogP contribution in [0.4, 0.5) is 19.4 Å². The third-order valence-corrected chi connectivity index (χ3v) is 5.86. The Labute approximate surface area is 202 Å². The van der Waals surface area contributed by atoms with E-state index in [1.54, 1.807) is 23.2 Å². The molecule has 1 aliphatic heterocycles. The SMILES string of the molecule is CC(C)(C)OC(=O)N1CCC(Oc2cc(NC3CCC(F)(F)CC3)nc(-n3ccc(CO)n3)n2)C1. The second-order valence-corrected chi connectivity index (χ2v) is 10.0. The minimum absolute atomic E-state index is 0.148. The van der Waals surface area contributed by atoms with Gasteiger partial charge in [-0.3, -0.25) is 0 Å². The number of aromatic nitrogens is 4. The number of ether oxygens (including phenoxy) is 2. The van der Waals surface area contributed by atoms with Gasteiger partial charge < -0.3 is 24.8 Å². The fourth-order valence-corrected chi connectivity index (χ4v) is 4.09. The minimum Gasteiger partial charge on any atom is -0.472 e. The molecule has 192 valence electrons. The summed E-state index contributed by atoms with van der Waals surface area (Å²) in [7, 11) is 0. The summed E-state index contributed by atoms with van der Waals surface area (Å²) >= 11 is 0. The number of carbonyl (C=O) groups is 1. The Kier molecular flexibility index (Phi) is 7.11. The number of amides is 1.